The molecule has 2 nitrogen and oxygen atoms in total. The van der Waals surface area contributed by atoms with Crippen molar-refractivity contribution in [2.45, 2.75) is 77.4 Å². The number of hydrogen-bond donors (Lipinski definition) is 1. The van der Waals surface area contributed by atoms with Crippen molar-refractivity contribution < 1.29 is 4.74 Å². The van der Waals surface area contributed by atoms with E-state index < -0.39 is 0 Å². The van der Waals surface area contributed by atoms with Crippen LogP contribution in [0.3, 0.4) is 0 Å². The van der Waals surface area contributed by atoms with Crippen molar-refractivity contribution in [3.05, 3.63) is 0 Å². The van der Waals surface area contributed by atoms with Gasteiger partial charge < -0.3 is 10.1 Å². The van der Waals surface area contributed by atoms with Gasteiger partial charge in [-0.25, -0.2) is 0 Å². The first-order valence-electron chi connectivity index (χ1n) is 7.44. The number of ether oxygens (including phenoxy) is 1. The molecule has 0 bridgehead atoms. The first-order chi connectivity index (χ1) is 8.05. The van der Waals surface area contributed by atoms with Crippen LogP contribution in [0.15, 0.2) is 0 Å². The van der Waals surface area contributed by atoms with Crippen LogP contribution in [0, 0.1) is 5.41 Å². The molecule has 17 heavy (non-hydrogen) atoms. The zero-order valence-corrected chi connectivity index (χ0v) is 11.8. The first kappa shape index (κ1) is 13.4. The molecule has 1 saturated heterocycles. The predicted molar refractivity (Wildman–Crippen MR) is 72.2 cm³/mol. The summed E-state index contributed by atoms with van der Waals surface area (Å²) in [5, 5.41) is 3.47. The van der Waals surface area contributed by atoms with Crippen molar-refractivity contribution in [1.29, 1.82) is 0 Å². The molecule has 100 valence electrons. The monoisotopic (exact) mass is 239 g/mol. The lowest BCUT2D eigenvalue weighted by Crippen LogP contribution is -2.33. The first-order valence-corrected chi connectivity index (χ1v) is 7.44. The lowest BCUT2D eigenvalue weighted by molar-refractivity contribution is -0.0502. The van der Waals surface area contributed by atoms with Gasteiger partial charge in [0, 0.05) is 6.54 Å². The fourth-order valence-electron chi connectivity index (χ4n) is 3.58. The number of hydrogen-bond acceptors (Lipinski definition) is 2. The number of nitrogens with one attached hydrogen (secondary N) is 1. The molecular formula is C15H29NO. The van der Waals surface area contributed by atoms with Crippen LogP contribution >= 0.6 is 0 Å². The maximum absolute atomic E-state index is 6.40. The van der Waals surface area contributed by atoms with E-state index in [1.807, 2.05) is 0 Å². The van der Waals surface area contributed by atoms with Crippen LogP contribution in [0.1, 0.15) is 65.7 Å². The molecule has 1 spiro atoms. The van der Waals surface area contributed by atoms with Crippen LogP contribution in [0.4, 0.5) is 0 Å². The predicted octanol–water partition coefficient (Wildman–Crippen LogP) is 3.50. The fourth-order valence-corrected chi connectivity index (χ4v) is 3.58. The third-order valence-corrected chi connectivity index (χ3v) is 4.49. The molecule has 1 heterocycles. The molecule has 0 radical (unpaired) electrons. The van der Waals surface area contributed by atoms with Gasteiger partial charge in [-0.05, 0) is 44.1 Å². The molecule has 2 rings (SSSR count). The average Bonchev–Trinajstić information content (AvgIpc) is 2.87. The van der Waals surface area contributed by atoms with Gasteiger partial charge in [-0.1, -0.05) is 33.6 Å². The van der Waals surface area contributed by atoms with E-state index in [1.54, 1.807) is 0 Å². The third-order valence-electron chi connectivity index (χ3n) is 4.49. The minimum Gasteiger partial charge on any atom is -0.372 e. The Morgan fingerprint density at radius 1 is 1.24 bits per heavy atom. The van der Waals surface area contributed by atoms with E-state index in [1.165, 1.54) is 44.9 Å². The van der Waals surface area contributed by atoms with E-state index in [2.05, 4.69) is 26.1 Å². The Kier molecular flexibility index (Phi) is 4.14. The molecule has 1 saturated carbocycles. The second-order valence-corrected chi connectivity index (χ2v) is 6.82. The van der Waals surface area contributed by atoms with Gasteiger partial charge in [0.2, 0.25) is 0 Å². The summed E-state index contributed by atoms with van der Waals surface area (Å²) in [5.74, 6) is 0. The quantitative estimate of drug-likeness (QED) is 0.793. The Labute approximate surface area is 107 Å². The molecule has 0 aromatic carbocycles. The van der Waals surface area contributed by atoms with Crippen LogP contribution in [-0.2, 0) is 4.74 Å². The van der Waals surface area contributed by atoms with Gasteiger partial charge in [-0.2, -0.15) is 0 Å². The summed E-state index contributed by atoms with van der Waals surface area (Å²) in [4.78, 5) is 0. The molecule has 1 aliphatic heterocycles. The van der Waals surface area contributed by atoms with Crippen molar-refractivity contribution in [2.75, 3.05) is 13.1 Å². The minimum atomic E-state index is 0.304. The molecule has 2 heteroatoms. The summed E-state index contributed by atoms with van der Waals surface area (Å²) in [6, 6.07) is 0. The third kappa shape index (κ3) is 3.45. The van der Waals surface area contributed by atoms with Gasteiger partial charge in [0.05, 0.1) is 11.7 Å². The summed E-state index contributed by atoms with van der Waals surface area (Å²) in [5.41, 5.74) is 0.670. The van der Waals surface area contributed by atoms with Gasteiger partial charge >= 0.3 is 0 Å². The molecule has 2 aliphatic rings. The Morgan fingerprint density at radius 3 is 2.59 bits per heavy atom. The number of rotatable bonds is 5. The van der Waals surface area contributed by atoms with Crippen molar-refractivity contribution in [2.24, 2.45) is 5.41 Å². The molecule has 2 fully saturated rings. The summed E-state index contributed by atoms with van der Waals surface area (Å²) in [7, 11) is 0. The fraction of sp³-hybridized carbons (Fsp3) is 1.00. The molecule has 0 aromatic heterocycles. The molecule has 1 atom stereocenters. The van der Waals surface area contributed by atoms with E-state index in [0.29, 0.717) is 17.1 Å². The lowest BCUT2D eigenvalue weighted by Gasteiger charge is -2.30. The van der Waals surface area contributed by atoms with Crippen molar-refractivity contribution in [3.63, 3.8) is 0 Å². The van der Waals surface area contributed by atoms with E-state index in [-0.39, 0.29) is 0 Å². The van der Waals surface area contributed by atoms with E-state index in [0.717, 1.165) is 13.1 Å². The SMILES string of the molecule is CCNCC(C)(C)CC1CCC2(CCCC2)O1. The van der Waals surface area contributed by atoms with Gasteiger partial charge in [0.1, 0.15) is 0 Å². The van der Waals surface area contributed by atoms with E-state index >= 15 is 0 Å². The molecular weight excluding hydrogens is 210 g/mol. The van der Waals surface area contributed by atoms with Crippen LogP contribution in [-0.4, -0.2) is 24.8 Å². The van der Waals surface area contributed by atoms with Crippen molar-refractivity contribution >= 4 is 0 Å². The highest BCUT2D eigenvalue weighted by atomic mass is 16.5. The summed E-state index contributed by atoms with van der Waals surface area (Å²) >= 11 is 0. The minimum absolute atomic E-state index is 0.304. The Balaban J connectivity index is 1.80. The summed E-state index contributed by atoms with van der Waals surface area (Å²) < 4.78 is 6.40. The second kappa shape index (κ2) is 5.27. The van der Waals surface area contributed by atoms with Gasteiger partial charge in [-0.15, -0.1) is 0 Å². The Morgan fingerprint density at radius 2 is 1.94 bits per heavy atom. The molecule has 0 amide bonds. The highest BCUT2D eigenvalue weighted by Gasteiger charge is 2.43. The Hall–Kier alpha value is -0.0800. The summed E-state index contributed by atoms with van der Waals surface area (Å²) in [6.45, 7) is 9.07. The average molecular weight is 239 g/mol. The van der Waals surface area contributed by atoms with Crippen LogP contribution in [0.25, 0.3) is 0 Å². The topological polar surface area (TPSA) is 21.3 Å². The molecule has 0 aromatic rings. The highest BCUT2D eigenvalue weighted by Crippen LogP contribution is 2.45. The molecule has 1 unspecified atom stereocenters. The largest absolute Gasteiger partial charge is 0.372 e. The molecule has 1 N–H and O–H groups in total. The zero-order valence-electron chi connectivity index (χ0n) is 11.8. The van der Waals surface area contributed by atoms with Crippen LogP contribution < -0.4 is 5.32 Å². The van der Waals surface area contributed by atoms with Gasteiger partial charge in [0.25, 0.3) is 0 Å². The van der Waals surface area contributed by atoms with E-state index in [4.69, 9.17) is 4.74 Å². The smallest absolute Gasteiger partial charge is 0.0687 e. The molecule has 1 aliphatic carbocycles. The lowest BCUT2D eigenvalue weighted by atomic mass is 9.85. The second-order valence-electron chi connectivity index (χ2n) is 6.82. The van der Waals surface area contributed by atoms with E-state index in [9.17, 15) is 0 Å². The van der Waals surface area contributed by atoms with Crippen LogP contribution in [0.2, 0.25) is 0 Å². The van der Waals surface area contributed by atoms with Crippen molar-refractivity contribution in [1.82, 2.24) is 5.32 Å². The maximum Gasteiger partial charge on any atom is 0.0687 e. The normalized spacial score (nSPS) is 28.1. The van der Waals surface area contributed by atoms with Gasteiger partial charge in [-0.3, -0.25) is 0 Å². The zero-order chi connectivity index (χ0) is 12.4. The summed E-state index contributed by atoms with van der Waals surface area (Å²) in [6.07, 6.45) is 9.73. The van der Waals surface area contributed by atoms with Gasteiger partial charge in [0.15, 0.2) is 0 Å². The standard InChI is InChI=1S/C15H29NO/c1-4-16-12-14(2,3)11-13-7-10-15(17-13)8-5-6-9-15/h13,16H,4-12H2,1-3H3. The maximum atomic E-state index is 6.40. The highest BCUT2D eigenvalue weighted by molar-refractivity contribution is 4.94. The van der Waals surface area contributed by atoms with Crippen LogP contribution in [0.5, 0.6) is 0 Å². The Bertz CT molecular complexity index is 243. The van der Waals surface area contributed by atoms with Crippen molar-refractivity contribution in [3.8, 4) is 0 Å².